The second-order valence-electron chi connectivity index (χ2n) is 5.13. The summed E-state index contributed by atoms with van der Waals surface area (Å²) in [4.78, 5) is 0.243. The van der Waals surface area contributed by atoms with Crippen LogP contribution in [0.4, 0.5) is 0 Å². The Balaban J connectivity index is 2.29. The molecule has 1 aromatic carbocycles. The molecular weight excluding hydrogens is 326 g/mol. The highest BCUT2D eigenvalue weighted by atomic mass is 79.9. The molecule has 5 heteroatoms. The molecule has 1 aliphatic carbocycles. The average molecular weight is 342 g/mol. The first-order chi connectivity index (χ1) is 8.95. The van der Waals surface area contributed by atoms with Crippen molar-refractivity contribution in [1.82, 2.24) is 0 Å². The van der Waals surface area contributed by atoms with Crippen LogP contribution >= 0.6 is 15.9 Å². The Morgan fingerprint density at radius 3 is 2.42 bits per heavy atom. The highest BCUT2D eigenvalue weighted by Crippen LogP contribution is 2.48. The first kappa shape index (κ1) is 14.5. The molecule has 3 nitrogen and oxygen atoms in total. The molecule has 0 unspecified atom stereocenters. The van der Waals surface area contributed by atoms with E-state index in [1.54, 1.807) is 24.3 Å². The molecule has 1 aliphatic rings. The van der Waals surface area contributed by atoms with Crippen molar-refractivity contribution in [1.29, 1.82) is 5.26 Å². The maximum Gasteiger partial charge on any atom is 0.197 e. The molecule has 0 atom stereocenters. The van der Waals surface area contributed by atoms with Crippen molar-refractivity contribution in [3.63, 3.8) is 0 Å². The summed E-state index contributed by atoms with van der Waals surface area (Å²) in [6.07, 6.45) is 2.97. The van der Waals surface area contributed by atoms with E-state index in [0.717, 1.165) is 17.3 Å². The third kappa shape index (κ3) is 2.44. The van der Waals surface area contributed by atoms with Crippen LogP contribution in [-0.4, -0.2) is 13.2 Å². The Morgan fingerprint density at radius 1 is 1.37 bits per heavy atom. The van der Waals surface area contributed by atoms with Crippen LogP contribution in [0.2, 0.25) is 0 Å². The summed E-state index contributed by atoms with van der Waals surface area (Å²) in [6.45, 7) is 2.08. The van der Waals surface area contributed by atoms with Crippen molar-refractivity contribution in [3.05, 3.63) is 28.7 Å². The standard InChI is InChI=1S/C14H16BrNO2S/c1-2-3-11-8-14(9-11,10-16)19(17,18)13-6-4-12(15)5-7-13/h4-7,11H,2-3,8-9H2,1H3. The van der Waals surface area contributed by atoms with E-state index in [1.807, 2.05) is 0 Å². The first-order valence-corrected chi connectivity index (χ1v) is 8.64. The monoisotopic (exact) mass is 341 g/mol. The molecule has 2 rings (SSSR count). The Morgan fingerprint density at radius 2 is 1.95 bits per heavy atom. The molecule has 102 valence electrons. The van der Waals surface area contributed by atoms with Gasteiger partial charge in [0.2, 0.25) is 0 Å². The Bertz CT molecular complexity index is 595. The molecule has 0 radical (unpaired) electrons. The normalized spacial score (nSPS) is 26.5. The third-order valence-corrected chi connectivity index (χ3v) is 6.65. The van der Waals surface area contributed by atoms with Gasteiger partial charge >= 0.3 is 0 Å². The lowest BCUT2D eigenvalue weighted by Crippen LogP contribution is -2.49. The molecule has 19 heavy (non-hydrogen) atoms. The molecular formula is C14H16BrNO2S. The van der Waals surface area contributed by atoms with Gasteiger partial charge in [0.15, 0.2) is 14.6 Å². The van der Waals surface area contributed by atoms with E-state index >= 15 is 0 Å². The van der Waals surface area contributed by atoms with Crippen LogP contribution in [0.25, 0.3) is 0 Å². The quantitative estimate of drug-likeness (QED) is 0.838. The zero-order chi connectivity index (χ0) is 14.1. The minimum Gasteiger partial charge on any atom is -0.222 e. The first-order valence-electron chi connectivity index (χ1n) is 6.36. The molecule has 0 bridgehead atoms. The molecule has 0 N–H and O–H groups in total. The molecule has 1 fully saturated rings. The summed E-state index contributed by atoms with van der Waals surface area (Å²) in [6, 6.07) is 8.57. The van der Waals surface area contributed by atoms with Gasteiger partial charge in [0.05, 0.1) is 11.0 Å². The Hall–Kier alpha value is -0.860. The number of sulfone groups is 1. The lowest BCUT2D eigenvalue weighted by molar-refractivity contribution is 0.247. The van der Waals surface area contributed by atoms with E-state index in [-0.39, 0.29) is 4.90 Å². The minimum absolute atomic E-state index is 0.243. The van der Waals surface area contributed by atoms with Crippen molar-refractivity contribution in [2.45, 2.75) is 42.2 Å². The SMILES string of the molecule is CCCC1CC(C#N)(S(=O)(=O)c2ccc(Br)cc2)C1. The number of rotatable bonds is 4. The predicted molar refractivity (Wildman–Crippen MR) is 77.3 cm³/mol. The smallest absolute Gasteiger partial charge is 0.197 e. The van der Waals surface area contributed by atoms with Crippen LogP contribution in [0.1, 0.15) is 32.6 Å². The highest BCUT2D eigenvalue weighted by Gasteiger charge is 2.54. The second-order valence-corrected chi connectivity index (χ2v) is 8.30. The highest BCUT2D eigenvalue weighted by molar-refractivity contribution is 9.10. The van der Waals surface area contributed by atoms with E-state index in [0.29, 0.717) is 18.8 Å². The maximum absolute atomic E-state index is 12.6. The summed E-state index contributed by atoms with van der Waals surface area (Å²) < 4.78 is 24.8. The molecule has 0 aliphatic heterocycles. The fourth-order valence-electron chi connectivity index (χ4n) is 2.70. The van der Waals surface area contributed by atoms with Gasteiger partial charge in [0, 0.05) is 4.47 Å². The van der Waals surface area contributed by atoms with Gasteiger partial charge in [-0.25, -0.2) is 8.42 Å². The van der Waals surface area contributed by atoms with Crippen molar-refractivity contribution in [2.24, 2.45) is 5.92 Å². The molecule has 0 aromatic heterocycles. The van der Waals surface area contributed by atoms with Crippen LogP contribution in [0.15, 0.2) is 33.6 Å². The fourth-order valence-corrected chi connectivity index (χ4v) is 4.94. The van der Waals surface area contributed by atoms with Gasteiger partial charge in [-0.2, -0.15) is 5.26 Å². The van der Waals surface area contributed by atoms with Gasteiger partial charge in [0.25, 0.3) is 0 Å². The average Bonchev–Trinajstić information content (AvgIpc) is 2.33. The molecule has 0 amide bonds. The fraction of sp³-hybridized carbons (Fsp3) is 0.500. The number of nitrogens with zero attached hydrogens (tertiary/aromatic N) is 1. The molecule has 1 saturated carbocycles. The van der Waals surface area contributed by atoms with Crippen molar-refractivity contribution >= 4 is 25.8 Å². The summed E-state index contributed by atoms with van der Waals surface area (Å²) in [5, 5.41) is 9.34. The molecule has 0 saturated heterocycles. The van der Waals surface area contributed by atoms with Crippen molar-refractivity contribution in [3.8, 4) is 6.07 Å². The lowest BCUT2D eigenvalue weighted by Gasteiger charge is -2.41. The maximum atomic E-state index is 12.6. The Kier molecular flexibility index (Phi) is 4.03. The van der Waals surface area contributed by atoms with Crippen LogP contribution in [-0.2, 0) is 9.84 Å². The topological polar surface area (TPSA) is 57.9 Å². The van der Waals surface area contributed by atoms with E-state index in [2.05, 4.69) is 28.9 Å². The third-order valence-electron chi connectivity index (χ3n) is 3.78. The number of nitriles is 1. The molecule has 0 heterocycles. The van der Waals surface area contributed by atoms with Gasteiger partial charge < -0.3 is 0 Å². The Labute approximate surface area is 122 Å². The van der Waals surface area contributed by atoms with E-state index in [4.69, 9.17) is 0 Å². The van der Waals surface area contributed by atoms with Crippen LogP contribution in [0.5, 0.6) is 0 Å². The van der Waals surface area contributed by atoms with Crippen LogP contribution in [0, 0.1) is 17.2 Å². The van der Waals surface area contributed by atoms with Crippen molar-refractivity contribution < 1.29 is 8.42 Å². The zero-order valence-corrected chi connectivity index (χ0v) is 13.2. The zero-order valence-electron chi connectivity index (χ0n) is 10.8. The second kappa shape index (κ2) is 5.26. The molecule has 1 aromatic rings. The predicted octanol–water partition coefficient (Wildman–Crippen LogP) is 3.70. The summed E-state index contributed by atoms with van der Waals surface area (Å²) >= 11 is 3.28. The number of halogens is 1. The number of benzene rings is 1. The number of hydrogen-bond acceptors (Lipinski definition) is 3. The van der Waals surface area contributed by atoms with E-state index in [9.17, 15) is 13.7 Å². The largest absolute Gasteiger partial charge is 0.222 e. The summed E-state index contributed by atoms with van der Waals surface area (Å²) in [7, 11) is -3.56. The lowest BCUT2D eigenvalue weighted by atomic mass is 9.73. The molecule has 0 spiro atoms. The van der Waals surface area contributed by atoms with E-state index in [1.165, 1.54) is 0 Å². The van der Waals surface area contributed by atoms with Gasteiger partial charge in [-0.3, -0.25) is 0 Å². The van der Waals surface area contributed by atoms with Gasteiger partial charge in [-0.15, -0.1) is 0 Å². The van der Waals surface area contributed by atoms with Crippen molar-refractivity contribution in [2.75, 3.05) is 0 Å². The number of hydrogen-bond donors (Lipinski definition) is 0. The summed E-state index contributed by atoms with van der Waals surface area (Å²) in [5.74, 6) is 0.370. The van der Waals surface area contributed by atoms with E-state index < -0.39 is 14.6 Å². The summed E-state index contributed by atoms with van der Waals surface area (Å²) in [5.41, 5.74) is 0. The van der Waals surface area contributed by atoms with Gasteiger partial charge in [-0.1, -0.05) is 35.7 Å². The van der Waals surface area contributed by atoms with Gasteiger partial charge in [0.1, 0.15) is 0 Å². The minimum atomic E-state index is -3.56. The van der Waals surface area contributed by atoms with Gasteiger partial charge in [-0.05, 0) is 43.0 Å². The van der Waals surface area contributed by atoms with Crippen LogP contribution in [0.3, 0.4) is 0 Å². The van der Waals surface area contributed by atoms with Crippen LogP contribution < -0.4 is 0 Å².